The quantitative estimate of drug-likeness (QED) is 0.786. The molecule has 0 saturated heterocycles. The van der Waals surface area contributed by atoms with Gasteiger partial charge in [-0.1, -0.05) is 13.8 Å². The van der Waals surface area contributed by atoms with Crippen LogP contribution in [0.3, 0.4) is 0 Å². The molecule has 1 aliphatic rings. The fourth-order valence-corrected chi connectivity index (χ4v) is 2.96. The lowest BCUT2D eigenvalue weighted by atomic mass is 10.0. The van der Waals surface area contributed by atoms with Crippen molar-refractivity contribution in [1.82, 2.24) is 10.3 Å². The predicted octanol–water partition coefficient (Wildman–Crippen LogP) is 2.52. The van der Waals surface area contributed by atoms with Crippen molar-refractivity contribution in [3.63, 3.8) is 0 Å². The molecule has 1 aromatic heterocycles. The Morgan fingerprint density at radius 1 is 1.53 bits per heavy atom. The molecule has 2 rings (SSSR count). The van der Waals surface area contributed by atoms with Crippen LogP contribution in [0.15, 0.2) is 5.38 Å². The van der Waals surface area contributed by atoms with E-state index in [1.807, 2.05) is 0 Å². The number of nitrogens with one attached hydrogen (secondary N) is 1. The molecule has 4 heteroatoms. The summed E-state index contributed by atoms with van der Waals surface area (Å²) in [6.07, 6.45) is 3.45. The first kappa shape index (κ1) is 13.0. The molecule has 0 spiro atoms. The van der Waals surface area contributed by atoms with E-state index >= 15 is 0 Å². The molecule has 1 saturated carbocycles. The van der Waals surface area contributed by atoms with Gasteiger partial charge in [0.1, 0.15) is 0 Å². The Morgan fingerprint density at radius 3 is 2.88 bits per heavy atom. The molecular weight excluding hydrogens is 232 g/mol. The third kappa shape index (κ3) is 3.76. The summed E-state index contributed by atoms with van der Waals surface area (Å²) in [5.74, 6) is 1.30. The smallest absolute Gasteiger partial charge is 0.0959 e. The molecule has 1 fully saturated rings. The minimum atomic E-state index is 0.250. The van der Waals surface area contributed by atoms with E-state index in [2.05, 4.69) is 29.5 Å². The van der Waals surface area contributed by atoms with E-state index in [1.54, 1.807) is 11.3 Å². The highest BCUT2D eigenvalue weighted by Gasteiger charge is 2.26. The zero-order valence-corrected chi connectivity index (χ0v) is 11.5. The molecule has 1 aromatic rings. The van der Waals surface area contributed by atoms with Crippen LogP contribution in [0.2, 0.25) is 0 Å². The van der Waals surface area contributed by atoms with Gasteiger partial charge in [-0.15, -0.1) is 11.3 Å². The second kappa shape index (κ2) is 5.94. The summed E-state index contributed by atoms with van der Waals surface area (Å²) in [5.41, 5.74) is 1.15. The van der Waals surface area contributed by atoms with Crippen LogP contribution in [0.5, 0.6) is 0 Å². The van der Waals surface area contributed by atoms with Crippen LogP contribution in [0.25, 0.3) is 0 Å². The fraction of sp³-hybridized carbons (Fsp3) is 0.769. The van der Waals surface area contributed by atoms with Crippen LogP contribution < -0.4 is 5.32 Å². The lowest BCUT2D eigenvalue weighted by molar-refractivity contribution is 0.243. The van der Waals surface area contributed by atoms with Gasteiger partial charge in [-0.25, -0.2) is 4.98 Å². The van der Waals surface area contributed by atoms with E-state index in [1.165, 1.54) is 17.8 Å². The maximum Gasteiger partial charge on any atom is 0.0959 e. The highest BCUT2D eigenvalue weighted by Crippen LogP contribution is 2.41. The van der Waals surface area contributed by atoms with Gasteiger partial charge >= 0.3 is 0 Å². The number of aliphatic hydroxyl groups is 1. The number of rotatable bonds is 7. The summed E-state index contributed by atoms with van der Waals surface area (Å²) < 4.78 is 0. The summed E-state index contributed by atoms with van der Waals surface area (Å²) in [6, 6.07) is 0.381. The van der Waals surface area contributed by atoms with Gasteiger partial charge in [0.15, 0.2) is 0 Å². The number of aliphatic hydroxyl groups excluding tert-OH is 1. The van der Waals surface area contributed by atoms with E-state index in [4.69, 9.17) is 5.11 Å². The minimum absolute atomic E-state index is 0.250. The second-order valence-electron chi connectivity index (χ2n) is 5.20. The van der Waals surface area contributed by atoms with Gasteiger partial charge in [0.2, 0.25) is 0 Å². The van der Waals surface area contributed by atoms with Gasteiger partial charge in [0, 0.05) is 30.5 Å². The Hall–Kier alpha value is -0.450. The Balaban J connectivity index is 1.82. The van der Waals surface area contributed by atoms with Crippen molar-refractivity contribution in [3.05, 3.63) is 16.1 Å². The molecule has 96 valence electrons. The average molecular weight is 254 g/mol. The van der Waals surface area contributed by atoms with Crippen molar-refractivity contribution >= 4 is 11.3 Å². The zero-order valence-electron chi connectivity index (χ0n) is 10.6. The van der Waals surface area contributed by atoms with Gasteiger partial charge in [-0.05, 0) is 25.2 Å². The van der Waals surface area contributed by atoms with Crippen molar-refractivity contribution in [3.8, 4) is 0 Å². The molecule has 1 heterocycles. The van der Waals surface area contributed by atoms with E-state index in [0.717, 1.165) is 24.6 Å². The van der Waals surface area contributed by atoms with E-state index in [0.29, 0.717) is 12.0 Å². The van der Waals surface area contributed by atoms with E-state index < -0.39 is 0 Å². The Labute approximate surface area is 107 Å². The van der Waals surface area contributed by atoms with Crippen LogP contribution in [0.1, 0.15) is 49.7 Å². The van der Waals surface area contributed by atoms with Crippen LogP contribution in [-0.2, 0) is 6.54 Å². The average Bonchev–Trinajstić information content (AvgIpc) is 3.04. The summed E-state index contributed by atoms with van der Waals surface area (Å²) >= 11 is 1.79. The molecule has 1 unspecified atom stereocenters. The molecule has 0 radical (unpaired) electrons. The standard InChI is InChI=1S/C13H22N2OS/c1-9(2)12(5-6-16)14-7-11-8-17-13(15-11)10-3-4-10/h8-10,12,14,16H,3-7H2,1-2H3. The maximum absolute atomic E-state index is 9.01. The number of hydrogen-bond donors (Lipinski definition) is 2. The Morgan fingerprint density at radius 2 is 2.29 bits per heavy atom. The highest BCUT2D eigenvalue weighted by atomic mass is 32.1. The topological polar surface area (TPSA) is 45.1 Å². The normalized spacial score (nSPS) is 17.6. The summed E-state index contributed by atoms with van der Waals surface area (Å²) in [6.45, 7) is 5.44. The lowest BCUT2D eigenvalue weighted by Crippen LogP contribution is -2.34. The summed E-state index contributed by atoms with van der Waals surface area (Å²) in [7, 11) is 0. The van der Waals surface area contributed by atoms with Crippen molar-refractivity contribution in [2.75, 3.05) is 6.61 Å². The van der Waals surface area contributed by atoms with Gasteiger partial charge in [0.25, 0.3) is 0 Å². The van der Waals surface area contributed by atoms with Crippen LogP contribution in [0, 0.1) is 5.92 Å². The predicted molar refractivity (Wildman–Crippen MR) is 71.3 cm³/mol. The third-order valence-corrected chi connectivity index (χ3v) is 4.34. The van der Waals surface area contributed by atoms with Gasteiger partial charge in [0.05, 0.1) is 10.7 Å². The first-order chi connectivity index (χ1) is 8.20. The first-order valence-electron chi connectivity index (χ1n) is 6.49. The Kier molecular flexibility index (Phi) is 4.54. The molecular formula is C13H22N2OS. The van der Waals surface area contributed by atoms with Crippen molar-refractivity contribution in [2.45, 2.75) is 51.6 Å². The number of nitrogens with zero attached hydrogens (tertiary/aromatic N) is 1. The third-order valence-electron chi connectivity index (χ3n) is 3.29. The highest BCUT2D eigenvalue weighted by molar-refractivity contribution is 7.09. The fourth-order valence-electron chi connectivity index (χ4n) is 1.97. The summed E-state index contributed by atoms with van der Waals surface area (Å²) in [4.78, 5) is 4.66. The first-order valence-corrected chi connectivity index (χ1v) is 7.37. The van der Waals surface area contributed by atoms with E-state index in [9.17, 15) is 0 Å². The second-order valence-corrected chi connectivity index (χ2v) is 6.08. The van der Waals surface area contributed by atoms with Crippen molar-refractivity contribution < 1.29 is 5.11 Å². The monoisotopic (exact) mass is 254 g/mol. The molecule has 0 aliphatic heterocycles. The van der Waals surface area contributed by atoms with Gasteiger partial charge in [-0.2, -0.15) is 0 Å². The van der Waals surface area contributed by atoms with Crippen LogP contribution in [-0.4, -0.2) is 22.7 Å². The van der Waals surface area contributed by atoms with Crippen molar-refractivity contribution in [1.29, 1.82) is 0 Å². The summed E-state index contributed by atoms with van der Waals surface area (Å²) in [5, 5.41) is 16.0. The molecule has 17 heavy (non-hydrogen) atoms. The number of aromatic nitrogens is 1. The molecule has 1 atom stereocenters. The molecule has 0 aromatic carbocycles. The zero-order chi connectivity index (χ0) is 12.3. The van der Waals surface area contributed by atoms with Crippen molar-refractivity contribution in [2.24, 2.45) is 5.92 Å². The van der Waals surface area contributed by atoms with Crippen LogP contribution in [0.4, 0.5) is 0 Å². The lowest BCUT2D eigenvalue weighted by Gasteiger charge is -2.20. The molecule has 2 N–H and O–H groups in total. The minimum Gasteiger partial charge on any atom is -0.396 e. The Bertz CT molecular complexity index is 347. The SMILES string of the molecule is CC(C)C(CCO)NCc1csc(C2CC2)n1. The van der Waals surface area contributed by atoms with Crippen LogP contribution >= 0.6 is 11.3 Å². The van der Waals surface area contributed by atoms with E-state index in [-0.39, 0.29) is 6.61 Å². The molecule has 3 nitrogen and oxygen atoms in total. The molecule has 1 aliphatic carbocycles. The van der Waals surface area contributed by atoms with Gasteiger partial charge < -0.3 is 10.4 Å². The van der Waals surface area contributed by atoms with Gasteiger partial charge in [-0.3, -0.25) is 0 Å². The largest absolute Gasteiger partial charge is 0.396 e. The molecule has 0 bridgehead atoms. The number of hydrogen-bond acceptors (Lipinski definition) is 4. The maximum atomic E-state index is 9.01. The molecule has 0 amide bonds. The number of thiazole rings is 1.